The highest BCUT2D eigenvalue weighted by atomic mass is 79.9. The molecular weight excluding hydrogens is 342 g/mol. The fourth-order valence-corrected chi connectivity index (χ4v) is 3.70. The van der Waals surface area contributed by atoms with Gasteiger partial charge in [-0.1, -0.05) is 15.9 Å². The third kappa shape index (κ3) is 3.32. The van der Waals surface area contributed by atoms with E-state index < -0.39 is 10.0 Å². The van der Waals surface area contributed by atoms with Crippen molar-refractivity contribution in [3.63, 3.8) is 0 Å². The van der Waals surface area contributed by atoms with Crippen molar-refractivity contribution in [1.29, 1.82) is 0 Å². The molecule has 0 amide bonds. The topological polar surface area (TPSA) is 53.5 Å². The Morgan fingerprint density at radius 2 is 2.20 bits per heavy atom. The molecule has 7 heteroatoms. The van der Waals surface area contributed by atoms with Gasteiger partial charge in [0.2, 0.25) is 10.0 Å². The summed E-state index contributed by atoms with van der Waals surface area (Å²) in [7, 11) is -0.350. The summed E-state index contributed by atoms with van der Waals surface area (Å²) in [4.78, 5) is 6.78. The fraction of sp³-hybridized carbons (Fsp3) is 0.615. The van der Waals surface area contributed by atoms with Gasteiger partial charge in [0.05, 0.1) is 0 Å². The van der Waals surface area contributed by atoms with Crippen LogP contribution in [-0.2, 0) is 10.0 Å². The standard InChI is InChI=1S/C13H20BrN3O2S/c1-16(2)20(18,19)12-5-6-13(15-9-12)17-7-3-4-11(8-14)10-17/h5-6,9,11H,3-4,7-8,10H2,1-2H3. The van der Waals surface area contributed by atoms with Crippen LogP contribution in [0.2, 0.25) is 0 Å². The van der Waals surface area contributed by atoms with Gasteiger partial charge in [-0.2, -0.15) is 0 Å². The largest absolute Gasteiger partial charge is 0.356 e. The second-order valence-electron chi connectivity index (χ2n) is 5.25. The number of halogens is 1. The van der Waals surface area contributed by atoms with Crippen LogP contribution in [0.4, 0.5) is 5.82 Å². The van der Waals surface area contributed by atoms with Gasteiger partial charge in [0.25, 0.3) is 0 Å². The minimum absolute atomic E-state index is 0.236. The third-order valence-corrected chi connectivity index (χ3v) is 6.27. The average molecular weight is 362 g/mol. The van der Waals surface area contributed by atoms with Crippen LogP contribution in [0.5, 0.6) is 0 Å². The summed E-state index contributed by atoms with van der Waals surface area (Å²) in [6.07, 6.45) is 3.83. The van der Waals surface area contributed by atoms with E-state index in [9.17, 15) is 8.42 Å². The second-order valence-corrected chi connectivity index (χ2v) is 8.05. The minimum Gasteiger partial charge on any atom is -0.356 e. The van der Waals surface area contributed by atoms with Crippen LogP contribution >= 0.6 is 15.9 Å². The molecule has 0 aromatic carbocycles. The molecule has 0 radical (unpaired) electrons. The number of anilines is 1. The van der Waals surface area contributed by atoms with Crippen molar-refractivity contribution >= 4 is 31.8 Å². The predicted molar refractivity (Wildman–Crippen MR) is 83.8 cm³/mol. The molecule has 2 heterocycles. The highest BCUT2D eigenvalue weighted by Crippen LogP contribution is 2.23. The minimum atomic E-state index is -3.39. The van der Waals surface area contributed by atoms with Crippen molar-refractivity contribution in [2.75, 3.05) is 37.4 Å². The molecule has 0 bridgehead atoms. The van der Waals surface area contributed by atoms with E-state index in [1.165, 1.54) is 31.0 Å². The van der Waals surface area contributed by atoms with E-state index in [1.54, 1.807) is 12.1 Å². The average Bonchev–Trinajstić information content (AvgIpc) is 2.47. The van der Waals surface area contributed by atoms with E-state index in [1.807, 2.05) is 0 Å². The van der Waals surface area contributed by atoms with Crippen LogP contribution < -0.4 is 4.90 Å². The molecule has 2 rings (SSSR count). The maximum absolute atomic E-state index is 12.0. The lowest BCUT2D eigenvalue weighted by Crippen LogP contribution is -2.36. The van der Waals surface area contributed by atoms with Crippen LogP contribution in [-0.4, -0.2) is 50.2 Å². The number of nitrogens with zero attached hydrogens (tertiary/aromatic N) is 3. The first kappa shape index (κ1) is 15.7. The first-order valence-corrected chi connectivity index (χ1v) is 9.21. The van der Waals surface area contributed by atoms with Crippen molar-refractivity contribution in [2.24, 2.45) is 5.92 Å². The molecule has 1 fully saturated rings. The Balaban J connectivity index is 2.16. The van der Waals surface area contributed by atoms with Crippen LogP contribution in [0.15, 0.2) is 23.2 Å². The Bertz CT molecular complexity index is 545. The molecule has 1 saturated heterocycles. The van der Waals surface area contributed by atoms with Crippen LogP contribution in [0.1, 0.15) is 12.8 Å². The first-order chi connectivity index (χ1) is 9.45. The Labute approximate surface area is 129 Å². The molecule has 1 atom stereocenters. The summed E-state index contributed by atoms with van der Waals surface area (Å²) in [5.41, 5.74) is 0. The smallest absolute Gasteiger partial charge is 0.244 e. The SMILES string of the molecule is CN(C)S(=O)(=O)c1ccc(N2CCCC(CBr)C2)nc1. The van der Waals surface area contributed by atoms with E-state index in [0.717, 1.165) is 30.7 Å². The molecule has 5 nitrogen and oxygen atoms in total. The monoisotopic (exact) mass is 361 g/mol. The number of rotatable bonds is 4. The van der Waals surface area contributed by atoms with E-state index in [4.69, 9.17) is 0 Å². The lowest BCUT2D eigenvalue weighted by Gasteiger charge is -2.32. The zero-order chi connectivity index (χ0) is 14.8. The number of piperidine rings is 1. The van der Waals surface area contributed by atoms with Gasteiger partial charge < -0.3 is 4.90 Å². The molecule has 0 spiro atoms. The summed E-state index contributed by atoms with van der Waals surface area (Å²) in [5.74, 6) is 1.49. The van der Waals surface area contributed by atoms with Crippen molar-refractivity contribution in [1.82, 2.24) is 9.29 Å². The Morgan fingerprint density at radius 1 is 1.45 bits per heavy atom. The summed E-state index contributed by atoms with van der Waals surface area (Å²) in [6.45, 7) is 1.95. The van der Waals surface area contributed by atoms with Gasteiger partial charge in [-0.05, 0) is 30.9 Å². The molecule has 1 aromatic rings. The van der Waals surface area contributed by atoms with Crippen molar-refractivity contribution in [2.45, 2.75) is 17.7 Å². The molecule has 0 N–H and O–H groups in total. The molecule has 1 unspecified atom stereocenters. The summed E-state index contributed by atoms with van der Waals surface area (Å²) in [6, 6.07) is 3.43. The number of sulfonamides is 1. The Kier molecular flexibility index (Phi) is 5.04. The number of hydrogen-bond acceptors (Lipinski definition) is 4. The summed E-state index contributed by atoms with van der Waals surface area (Å²) in [5, 5.41) is 0.997. The Morgan fingerprint density at radius 3 is 2.75 bits per heavy atom. The van der Waals surface area contributed by atoms with Gasteiger partial charge in [0.1, 0.15) is 10.7 Å². The normalized spacial score (nSPS) is 20.4. The molecule has 0 aliphatic carbocycles. The van der Waals surface area contributed by atoms with Gasteiger partial charge in [0.15, 0.2) is 0 Å². The summed E-state index contributed by atoms with van der Waals surface area (Å²) < 4.78 is 25.2. The maximum atomic E-state index is 12.0. The quantitative estimate of drug-likeness (QED) is 0.769. The van der Waals surface area contributed by atoms with Crippen LogP contribution in [0.25, 0.3) is 0 Å². The third-order valence-electron chi connectivity index (χ3n) is 3.56. The maximum Gasteiger partial charge on any atom is 0.244 e. The second kappa shape index (κ2) is 6.41. The van der Waals surface area contributed by atoms with Crippen molar-refractivity contribution < 1.29 is 8.42 Å². The van der Waals surface area contributed by atoms with Gasteiger partial charge in [0, 0.05) is 38.7 Å². The number of hydrogen-bond donors (Lipinski definition) is 0. The van der Waals surface area contributed by atoms with Crippen molar-refractivity contribution in [3.8, 4) is 0 Å². The van der Waals surface area contributed by atoms with Gasteiger partial charge >= 0.3 is 0 Å². The molecule has 0 saturated carbocycles. The molecule has 1 aromatic heterocycles. The highest BCUT2D eigenvalue weighted by Gasteiger charge is 2.21. The number of pyridine rings is 1. The van der Waals surface area contributed by atoms with E-state index in [0.29, 0.717) is 5.92 Å². The van der Waals surface area contributed by atoms with Gasteiger partial charge in [-0.3, -0.25) is 0 Å². The van der Waals surface area contributed by atoms with E-state index >= 15 is 0 Å². The van der Waals surface area contributed by atoms with Crippen LogP contribution in [0.3, 0.4) is 0 Å². The van der Waals surface area contributed by atoms with Gasteiger partial charge in [-0.25, -0.2) is 17.7 Å². The zero-order valence-electron chi connectivity index (χ0n) is 11.8. The molecule has 20 heavy (non-hydrogen) atoms. The highest BCUT2D eigenvalue weighted by molar-refractivity contribution is 9.09. The zero-order valence-corrected chi connectivity index (χ0v) is 14.2. The van der Waals surface area contributed by atoms with E-state index in [-0.39, 0.29) is 4.90 Å². The molecule has 112 valence electrons. The Hall–Kier alpha value is -0.660. The lowest BCUT2D eigenvalue weighted by molar-refractivity contribution is 0.452. The van der Waals surface area contributed by atoms with Crippen LogP contribution in [0, 0.1) is 5.92 Å². The summed E-state index contributed by atoms with van der Waals surface area (Å²) >= 11 is 3.53. The number of alkyl halides is 1. The fourth-order valence-electron chi connectivity index (χ4n) is 2.32. The predicted octanol–water partition coefficient (Wildman–Crippen LogP) is 1.94. The van der Waals surface area contributed by atoms with E-state index in [2.05, 4.69) is 25.8 Å². The first-order valence-electron chi connectivity index (χ1n) is 6.64. The van der Waals surface area contributed by atoms with Crippen molar-refractivity contribution in [3.05, 3.63) is 18.3 Å². The molecule has 1 aliphatic rings. The number of aromatic nitrogens is 1. The lowest BCUT2D eigenvalue weighted by atomic mass is 10.0. The molecule has 1 aliphatic heterocycles. The van der Waals surface area contributed by atoms with Gasteiger partial charge in [-0.15, -0.1) is 0 Å². The molecular formula is C13H20BrN3O2S.